The van der Waals surface area contributed by atoms with Crippen LogP contribution in [0.2, 0.25) is 10.0 Å². The van der Waals surface area contributed by atoms with Crippen molar-refractivity contribution in [3.8, 4) is 0 Å². The van der Waals surface area contributed by atoms with Gasteiger partial charge in [0.05, 0.1) is 15.7 Å². The summed E-state index contributed by atoms with van der Waals surface area (Å²) in [6.07, 6.45) is 0. The van der Waals surface area contributed by atoms with Crippen LogP contribution in [0.25, 0.3) is 0 Å². The molecule has 0 spiro atoms. The first-order valence-corrected chi connectivity index (χ1v) is 7.98. The molecule has 0 amide bonds. The lowest BCUT2D eigenvalue weighted by Crippen LogP contribution is -2.15. The van der Waals surface area contributed by atoms with Gasteiger partial charge in [-0.3, -0.25) is 4.72 Å². The molecule has 0 fully saturated rings. The Hall–Kier alpha value is -1.50. The van der Waals surface area contributed by atoms with Crippen LogP contribution in [-0.4, -0.2) is 8.42 Å². The van der Waals surface area contributed by atoms with Crippen LogP contribution < -0.4 is 10.5 Å². The highest BCUT2D eigenvalue weighted by atomic mass is 35.5. The number of aryl methyl sites for hydroxylation is 1. The Kier molecular flexibility index (Phi) is 4.32. The summed E-state index contributed by atoms with van der Waals surface area (Å²) in [6, 6.07) is 6.27. The highest BCUT2D eigenvalue weighted by molar-refractivity contribution is 7.93. The molecule has 0 saturated carbocycles. The van der Waals surface area contributed by atoms with E-state index < -0.39 is 15.8 Å². The van der Waals surface area contributed by atoms with Crippen molar-refractivity contribution in [1.29, 1.82) is 0 Å². The van der Waals surface area contributed by atoms with Gasteiger partial charge in [0.25, 0.3) is 10.0 Å². The van der Waals surface area contributed by atoms with Gasteiger partial charge in [-0.05, 0) is 42.8 Å². The molecule has 0 saturated heterocycles. The predicted octanol–water partition coefficient (Wildman–Crippen LogP) is 3.82. The van der Waals surface area contributed by atoms with Gasteiger partial charge in [0.15, 0.2) is 0 Å². The second-order valence-corrected chi connectivity index (χ2v) is 6.81. The van der Waals surface area contributed by atoms with Crippen LogP contribution in [0, 0.1) is 12.7 Å². The molecule has 0 radical (unpaired) electrons. The summed E-state index contributed by atoms with van der Waals surface area (Å²) in [5.41, 5.74) is 6.46. The van der Waals surface area contributed by atoms with Gasteiger partial charge in [0.1, 0.15) is 10.7 Å². The number of nitrogen functional groups attached to an aromatic ring is 1. The highest BCUT2D eigenvalue weighted by Crippen LogP contribution is 2.33. The number of hydrogen-bond acceptors (Lipinski definition) is 3. The molecule has 0 atom stereocenters. The minimum Gasteiger partial charge on any atom is -0.399 e. The summed E-state index contributed by atoms with van der Waals surface area (Å²) in [4.78, 5) is -0.274. The monoisotopic (exact) mass is 348 g/mol. The lowest BCUT2D eigenvalue weighted by Gasteiger charge is -2.13. The zero-order valence-electron chi connectivity index (χ0n) is 10.8. The summed E-state index contributed by atoms with van der Waals surface area (Å²) in [5, 5.41) is -0.181. The van der Waals surface area contributed by atoms with Crippen molar-refractivity contribution in [2.45, 2.75) is 11.8 Å². The van der Waals surface area contributed by atoms with Crippen LogP contribution >= 0.6 is 23.2 Å². The SMILES string of the molecule is Cc1cc(F)ccc1NS(=O)(=O)c1c(Cl)cc(N)cc1Cl. The van der Waals surface area contributed by atoms with Crippen LogP contribution in [0.4, 0.5) is 15.8 Å². The molecule has 0 aliphatic heterocycles. The van der Waals surface area contributed by atoms with E-state index in [1.807, 2.05) is 0 Å². The van der Waals surface area contributed by atoms with Gasteiger partial charge >= 0.3 is 0 Å². The number of sulfonamides is 1. The fraction of sp³-hybridized carbons (Fsp3) is 0.0769. The van der Waals surface area contributed by atoms with E-state index in [0.717, 1.165) is 6.07 Å². The second kappa shape index (κ2) is 5.71. The van der Waals surface area contributed by atoms with E-state index in [1.54, 1.807) is 6.92 Å². The molecule has 0 unspecified atom stereocenters. The van der Waals surface area contributed by atoms with Crippen LogP contribution in [-0.2, 0) is 10.0 Å². The Morgan fingerprint density at radius 3 is 2.24 bits per heavy atom. The normalized spacial score (nSPS) is 11.4. The molecule has 8 heteroatoms. The Labute approximate surface area is 131 Å². The third-order valence-electron chi connectivity index (χ3n) is 2.72. The van der Waals surface area contributed by atoms with E-state index in [-0.39, 0.29) is 26.3 Å². The first kappa shape index (κ1) is 15.9. The van der Waals surface area contributed by atoms with E-state index in [2.05, 4.69) is 4.72 Å². The van der Waals surface area contributed by atoms with Crippen LogP contribution in [0.1, 0.15) is 5.56 Å². The molecular weight excluding hydrogens is 338 g/mol. The van der Waals surface area contributed by atoms with E-state index in [4.69, 9.17) is 28.9 Å². The molecule has 21 heavy (non-hydrogen) atoms. The van der Waals surface area contributed by atoms with Crippen LogP contribution in [0.5, 0.6) is 0 Å². The number of anilines is 2. The molecule has 0 bridgehead atoms. The Morgan fingerprint density at radius 2 is 1.71 bits per heavy atom. The van der Waals surface area contributed by atoms with Crippen molar-refractivity contribution in [2.24, 2.45) is 0 Å². The van der Waals surface area contributed by atoms with Crippen LogP contribution in [0.15, 0.2) is 35.2 Å². The number of nitrogens with two attached hydrogens (primary N) is 1. The van der Waals surface area contributed by atoms with E-state index in [9.17, 15) is 12.8 Å². The smallest absolute Gasteiger partial charge is 0.264 e. The Morgan fingerprint density at radius 1 is 1.14 bits per heavy atom. The van der Waals surface area contributed by atoms with E-state index in [0.29, 0.717) is 5.56 Å². The highest BCUT2D eigenvalue weighted by Gasteiger charge is 2.23. The van der Waals surface area contributed by atoms with Gasteiger partial charge in [0, 0.05) is 5.69 Å². The maximum atomic E-state index is 13.0. The maximum Gasteiger partial charge on any atom is 0.264 e. The zero-order chi connectivity index (χ0) is 15.8. The molecule has 4 nitrogen and oxygen atoms in total. The fourth-order valence-corrected chi connectivity index (χ4v) is 4.14. The quantitative estimate of drug-likeness (QED) is 0.828. The Bertz CT molecular complexity index is 787. The van der Waals surface area contributed by atoms with Gasteiger partial charge in [-0.1, -0.05) is 23.2 Å². The molecule has 2 aromatic rings. The summed E-state index contributed by atoms with van der Waals surface area (Å²) in [6.45, 7) is 1.58. The van der Waals surface area contributed by atoms with Crippen molar-refractivity contribution >= 4 is 44.6 Å². The fourth-order valence-electron chi connectivity index (χ4n) is 1.77. The average Bonchev–Trinajstić information content (AvgIpc) is 2.30. The summed E-state index contributed by atoms with van der Waals surface area (Å²) < 4.78 is 40.1. The second-order valence-electron chi connectivity index (χ2n) is 4.38. The molecule has 0 aromatic heterocycles. The minimum absolute atomic E-state index is 0.0905. The molecule has 112 valence electrons. The molecule has 2 rings (SSSR count). The minimum atomic E-state index is -4.02. The van der Waals surface area contributed by atoms with Crippen molar-refractivity contribution < 1.29 is 12.8 Å². The van der Waals surface area contributed by atoms with E-state index >= 15 is 0 Å². The molecule has 2 aromatic carbocycles. The topological polar surface area (TPSA) is 72.2 Å². The van der Waals surface area contributed by atoms with Crippen molar-refractivity contribution in [3.63, 3.8) is 0 Å². The molecule has 3 N–H and O–H groups in total. The van der Waals surface area contributed by atoms with Crippen molar-refractivity contribution in [1.82, 2.24) is 0 Å². The first-order valence-electron chi connectivity index (χ1n) is 5.74. The number of benzene rings is 2. The van der Waals surface area contributed by atoms with Gasteiger partial charge < -0.3 is 5.73 Å². The largest absolute Gasteiger partial charge is 0.399 e. The lowest BCUT2D eigenvalue weighted by molar-refractivity contribution is 0.601. The third kappa shape index (κ3) is 3.40. The first-order chi connectivity index (χ1) is 9.70. The van der Waals surface area contributed by atoms with E-state index in [1.165, 1.54) is 24.3 Å². The number of halogens is 3. The predicted molar refractivity (Wildman–Crippen MR) is 82.8 cm³/mol. The molecule has 0 aliphatic carbocycles. The van der Waals surface area contributed by atoms with Gasteiger partial charge in [-0.25, -0.2) is 12.8 Å². The van der Waals surface area contributed by atoms with Gasteiger partial charge in [-0.15, -0.1) is 0 Å². The number of nitrogens with one attached hydrogen (secondary N) is 1. The average molecular weight is 349 g/mol. The molecular formula is C13H11Cl2FN2O2S. The van der Waals surface area contributed by atoms with Crippen molar-refractivity contribution in [2.75, 3.05) is 10.5 Å². The van der Waals surface area contributed by atoms with Gasteiger partial charge in [-0.2, -0.15) is 0 Å². The van der Waals surface area contributed by atoms with Crippen molar-refractivity contribution in [3.05, 3.63) is 51.8 Å². The number of hydrogen-bond donors (Lipinski definition) is 2. The lowest BCUT2D eigenvalue weighted by atomic mass is 10.2. The summed E-state index contributed by atoms with van der Waals surface area (Å²) in [7, 11) is -4.02. The molecule has 0 heterocycles. The third-order valence-corrected chi connectivity index (χ3v) is 5.01. The van der Waals surface area contributed by atoms with Crippen LogP contribution in [0.3, 0.4) is 0 Å². The number of rotatable bonds is 3. The Balaban J connectivity index is 2.48. The maximum absolute atomic E-state index is 13.0. The zero-order valence-corrected chi connectivity index (χ0v) is 13.2. The summed E-state index contributed by atoms with van der Waals surface area (Å²) in [5.74, 6) is -0.459. The molecule has 0 aliphatic rings. The van der Waals surface area contributed by atoms with Gasteiger partial charge in [0.2, 0.25) is 0 Å². The standard InChI is InChI=1S/C13H11Cl2FN2O2S/c1-7-4-8(16)2-3-12(7)18-21(19,20)13-10(14)5-9(17)6-11(13)15/h2-6,18H,17H2,1H3. The summed E-state index contributed by atoms with van der Waals surface area (Å²) >= 11 is 11.8.